The largest absolute Gasteiger partial charge is 0.352 e. The zero-order valence-electron chi connectivity index (χ0n) is 13.6. The van der Waals surface area contributed by atoms with Gasteiger partial charge in [0.25, 0.3) is 0 Å². The molecule has 0 spiro atoms. The topological polar surface area (TPSA) is 81.1 Å². The van der Waals surface area contributed by atoms with Crippen molar-refractivity contribution < 1.29 is 13.2 Å². The third-order valence-corrected chi connectivity index (χ3v) is 6.39. The molecular weight excluding hydrogens is 326 g/mol. The van der Waals surface area contributed by atoms with E-state index in [9.17, 15) is 13.2 Å². The van der Waals surface area contributed by atoms with Gasteiger partial charge >= 0.3 is 0 Å². The van der Waals surface area contributed by atoms with E-state index in [1.807, 2.05) is 18.2 Å². The van der Waals surface area contributed by atoms with Crippen molar-refractivity contribution in [2.45, 2.75) is 49.1 Å². The predicted molar refractivity (Wildman–Crippen MR) is 90.6 cm³/mol. The maximum absolute atomic E-state index is 12.9. The molecule has 1 aliphatic rings. The Morgan fingerprint density at radius 1 is 1.25 bits per heavy atom. The van der Waals surface area contributed by atoms with Gasteiger partial charge in [0.2, 0.25) is 20.9 Å². The van der Waals surface area contributed by atoms with Crippen LogP contribution in [0.15, 0.2) is 47.9 Å². The van der Waals surface area contributed by atoms with Gasteiger partial charge in [-0.15, -0.1) is 0 Å². The van der Waals surface area contributed by atoms with Crippen LogP contribution in [0.4, 0.5) is 0 Å². The van der Waals surface area contributed by atoms with E-state index in [0.717, 1.165) is 25.7 Å². The van der Waals surface area contributed by atoms with Crippen molar-refractivity contribution in [2.24, 2.45) is 0 Å². The molecule has 2 aromatic rings. The standard InChI is InChI=1S/C17H21N3O3S/c1-13(16(21)19-14-7-5-6-8-14)24(22,23)17-18-11-12-20(17)15-9-3-2-4-10-15/h2-4,9-14H,5-8H2,1H3,(H,19,21)/t13-/m1/s1. The number of aromatic nitrogens is 2. The van der Waals surface area contributed by atoms with Gasteiger partial charge in [0.15, 0.2) is 0 Å². The minimum Gasteiger partial charge on any atom is -0.352 e. The second-order valence-corrected chi connectivity index (χ2v) is 8.25. The van der Waals surface area contributed by atoms with E-state index in [4.69, 9.17) is 0 Å². The number of benzene rings is 1. The van der Waals surface area contributed by atoms with E-state index >= 15 is 0 Å². The summed E-state index contributed by atoms with van der Waals surface area (Å²) in [5, 5.41) is 1.56. The van der Waals surface area contributed by atoms with E-state index in [0.29, 0.717) is 5.69 Å². The Bertz CT molecular complexity index is 809. The Balaban J connectivity index is 1.85. The maximum atomic E-state index is 12.9. The van der Waals surface area contributed by atoms with Crippen molar-refractivity contribution in [1.29, 1.82) is 0 Å². The molecular formula is C17H21N3O3S. The van der Waals surface area contributed by atoms with Crippen LogP contribution in [0.25, 0.3) is 5.69 Å². The lowest BCUT2D eigenvalue weighted by Gasteiger charge is -2.17. The molecule has 1 aromatic heterocycles. The molecule has 1 aromatic carbocycles. The fourth-order valence-electron chi connectivity index (χ4n) is 2.97. The minimum absolute atomic E-state index is 0.0871. The smallest absolute Gasteiger partial charge is 0.238 e. The highest BCUT2D eigenvalue weighted by atomic mass is 32.2. The van der Waals surface area contributed by atoms with Crippen LogP contribution in [0.3, 0.4) is 0 Å². The highest BCUT2D eigenvalue weighted by molar-refractivity contribution is 7.92. The van der Waals surface area contributed by atoms with Crippen molar-refractivity contribution in [3.63, 3.8) is 0 Å². The van der Waals surface area contributed by atoms with Crippen LogP contribution in [-0.4, -0.2) is 35.2 Å². The van der Waals surface area contributed by atoms with Gasteiger partial charge in [0.05, 0.1) is 0 Å². The van der Waals surface area contributed by atoms with Crippen molar-refractivity contribution in [2.75, 3.05) is 0 Å². The summed E-state index contributed by atoms with van der Waals surface area (Å²) >= 11 is 0. The fraction of sp³-hybridized carbons (Fsp3) is 0.412. The number of carbonyl (C=O) groups is 1. The van der Waals surface area contributed by atoms with Gasteiger partial charge in [-0.2, -0.15) is 0 Å². The zero-order valence-corrected chi connectivity index (χ0v) is 14.4. The van der Waals surface area contributed by atoms with Crippen LogP contribution in [0, 0.1) is 0 Å². The Morgan fingerprint density at radius 3 is 2.58 bits per heavy atom. The van der Waals surface area contributed by atoms with E-state index in [1.165, 1.54) is 17.7 Å². The molecule has 1 N–H and O–H groups in total. The summed E-state index contributed by atoms with van der Waals surface area (Å²) in [5.74, 6) is -0.454. The number of hydrogen-bond acceptors (Lipinski definition) is 4. The van der Waals surface area contributed by atoms with Crippen LogP contribution >= 0.6 is 0 Å². The normalized spacial score (nSPS) is 16.9. The lowest BCUT2D eigenvalue weighted by molar-refractivity contribution is -0.121. The molecule has 3 rings (SSSR count). The number of para-hydroxylation sites is 1. The minimum atomic E-state index is -3.88. The van der Waals surface area contributed by atoms with Gasteiger partial charge in [-0.05, 0) is 31.9 Å². The summed E-state index contributed by atoms with van der Waals surface area (Å²) in [4.78, 5) is 16.4. The monoisotopic (exact) mass is 347 g/mol. The summed E-state index contributed by atoms with van der Waals surface area (Å²) in [6.07, 6.45) is 6.99. The van der Waals surface area contributed by atoms with Crippen molar-refractivity contribution in [1.82, 2.24) is 14.9 Å². The van der Waals surface area contributed by atoms with Crippen molar-refractivity contribution in [3.05, 3.63) is 42.7 Å². The SMILES string of the molecule is C[C@H](C(=O)NC1CCCC1)S(=O)(=O)c1nccn1-c1ccccc1. The van der Waals surface area contributed by atoms with Gasteiger partial charge in [-0.3, -0.25) is 9.36 Å². The second-order valence-electron chi connectivity index (χ2n) is 6.09. The van der Waals surface area contributed by atoms with Gasteiger partial charge in [0.1, 0.15) is 5.25 Å². The van der Waals surface area contributed by atoms with Crippen LogP contribution in [0.5, 0.6) is 0 Å². The summed E-state index contributed by atoms with van der Waals surface area (Å²) in [5.41, 5.74) is 0.692. The Hall–Kier alpha value is -2.15. The average Bonchev–Trinajstić information content (AvgIpc) is 3.26. The molecule has 128 valence electrons. The first-order valence-corrected chi connectivity index (χ1v) is 9.68. The molecule has 0 radical (unpaired) electrons. The third-order valence-electron chi connectivity index (χ3n) is 4.43. The van der Waals surface area contributed by atoms with Crippen LogP contribution in [0.1, 0.15) is 32.6 Å². The quantitative estimate of drug-likeness (QED) is 0.898. The molecule has 24 heavy (non-hydrogen) atoms. The lowest BCUT2D eigenvalue weighted by atomic mass is 10.2. The maximum Gasteiger partial charge on any atom is 0.238 e. The molecule has 1 amide bonds. The second kappa shape index (κ2) is 6.76. The highest BCUT2D eigenvalue weighted by Crippen LogP contribution is 2.21. The number of carbonyl (C=O) groups excluding carboxylic acids is 1. The molecule has 0 unspecified atom stereocenters. The predicted octanol–water partition coefficient (Wildman–Crippen LogP) is 2.09. The van der Waals surface area contributed by atoms with Gasteiger partial charge in [-0.25, -0.2) is 13.4 Å². The van der Waals surface area contributed by atoms with Gasteiger partial charge in [-0.1, -0.05) is 31.0 Å². The number of rotatable bonds is 5. The first kappa shape index (κ1) is 16.7. The summed E-state index contributed by atoms with van der Waals surface area (Å²) in [6.45, 7) is 1.42. The number of sulfone groups is 1. The van der Waals surface area contributed by atoms with Gasteiger partial charge < -0.3 is 5.32 Å². The molecule has 0 saturated heterocycles. The van der Waals surface area contributed by atoms with Crippen molar-refractivity contribution in [3.8, 4) is 5.69 Å². The number of nitrogens with one attached hydrogen (secondary N) is 1. The molecule has 0 aliphatic heterocycles. The summed E-state index contributed by atoms with van der Waals surface area (Å²) in [7, 11) is -3.88. The Morgan fingerprint density at radius 2 is 1.92 bits per heavy atom. The lowest BCUT2D eigenvalue weighted by Crippen LogP contribution is -2.42. The first-order chi connectivity index (χ1) is 11.5. The zero-order chi connectivity index (χ0) is 17.2. The Labute approximate surface area is 141 Å². The molecule has 1 fully saturated rings. The number of nitrogens with zero attached hydrogens (tertiary/aromatic N) is 2. The molecule has 1 heterocycles. The van der Waals surface area contributed by atoms with Crippen LogP contribution in [-0.2, 0) is 14.6 Å². The first-order valence-electron chi connectivity index (χ1n) is 8.13. The van der Waals surface area contributed by atoms with Crippen molar-refractivity contribution >= 4 is 15.7 Å². The highest BCUT2D eigenvalue weighted by Gasteiger charge is 2.34. The molecule has 0 bridgehead atoms. The number of hydrogen-bond donors (Lipinski definition) is 1. The molecule has 1 atom stereocenters. The molecule has 1 aliphatic carbocycles. The molecule has 1 saturated carbocycles. The van der Waals surface area contributed by atoms with E-state index < -0.39 is 21.0 Å². The molecule has 6 nitrogen and oxygen atoms in total. The van der Waals surface area contributed by atoms with E-state index in [-0.39, 0.29) is 11.2 Å². The van der Waals surface area contributed by atoms with E-state index in [1.54, 1.807) is 18.3 Å². The number of imidazole rings is 1. The van der Waals surface area contributed by atoms with Gasteiger partial charge in [0, 0.05) is 24.1 Å². The number of amides is 1. The summed E-state index contributed by atoms with van der Waals surface area (Å²) in [6, 6.07) is 9.17. The van der Waals surface area contributed by atoms with Crippen LogP contribution < -0.4 is 5.32 Å². The molecule has 7 heteroatoms. The van der Waals surface area contributed by atoms with Crippen LogP contribution in [0.2, 0.25) is 0 Å². The van der Waals surface area contributed by atoms with E-state index in [2.05, 4.69) is 10.3 Å². The average molecular weight is 347 g/mol. The summed E-state index contributed by atoms with van der Waals surface area (Å²) < 4.78 is 27.2. The Kier molecular flexibility index (Phi) is 4.71. The third kappa shape index (κ3) is 3.21. The fourth-order valence-corrected chi connectivity index (χ4v) is 4.29.